The van der Waals surface area contributed by atoms with E-state index in [1.165, 1.54) is 6.20 Å². The van der Waals surface area contributed by atoms with Gasteiger partial charge in [-0.25, -0.2) is 15.0 Å². The van der Waals surface area contributed by atoms with Gasteiger partial charge in [0.15, 0.2) is 11.6 Å². The van der Waals surface area contributed by atoms with Gasteiger partial charge in [0.1, 0.15) is 23.0 Å². The zero-order valence-corrected chi connectivity index (χ0v) is 21.8. The molecule has 1 saturated heterocycles. The molecule has 1 amide bonds. The molecule has 11 heteroatoms. The van der Waals surface area contributed by atoms with E-state index in [1.807, 2.05) is 59.3 Å². The van der Waals surface area contributed by atoms with Crippen LogP contribution in [-0.4, -0.2) is 80.9 Å². The van der Waals surface area contributed by atoms with Crippen molar-refractivity contribution >= 4 is 28.6 Å². The number of amides is 1. The molecule has 0 spiro atoms. The number of aromatic nitrogens is 6. The number of imidazole rings is 1. The lowest BCUT2D eigenvalue weighted by atomic mass is 10.2. The molecule has 2 N–H and O–H groups in total. The number of methoxy groups -OCH3 is 1. The SMILES string of the molecule is COc1ccc(Cn2nc(NC(=O)c3cnc(N4CCN(C)CC4)cn3)cc2-c2nc3ccccc3[nH]2)cc1. The van der Waals surface area contributed by atoms with Crippen molar-refractivity contribution in [1.82, 2.24) is 34.6 Å². The summed E-state index contributed by atoms with van der Waals surface area (Å²) in [5.41, 5.74) is 3.77. The number of para-hydroxylation sites is 2. The number of anilines is 2. The number of hydrogen-bond donors (Lipinski definition) is 2. The number of fused-ring (bicyclic) bond motifs is 1. The number of rotatable bonds is 7. The Morgan fingerprint density at radius 2 is 1.82 bits per heavy atom. The highest BCUT2D eigenvalue weighted by molar-refractivity contribution is 6.02. The van der Waals surface area contributed by atoms with E-state index in [0.717, 1.165) is 60.0 Å². The van der Waals surface area contributed by atoms with Gasteiger partial charge in [0.25, 0.3) is 5.91 Å². The van der Waals surface area contributed by atoms with Crippen molar-refractivity contribution < 1.29 is 9.53 Å². The van der Waals surface area contributed by atoms with Crippen LogP contribution in [-0.2, 0) is 6.54 Å². The maximum absolute atomic E-state index is 13.1. The number of aromatic amines is 1. The van der Waals surface area contributed by atoms with Crippen molar-refractivity contribution in [3.05, 3.63) is 78.2 Å². The van der Waals surface area contributed by atoms with E-state index in [0.29, 0.717) is 18.2 Å². The lowest BCUT2D eigenvalue weighted by Gasteiger charge is -2.32. The fraction of sp³-hybridized carbons (Fsp3) is 0.250. The number of piperazine rings is 1. The van der Waals surface area contributed by atoms with Gasteiger partial charge in [-0.1, -0.05) is 24.3 Å². The highest BCUT2D eigenvalue weighted by atomic mass is 16.5. The summed E-state index contributed by atoms with van der Waals surface area (Å²) in [5, 5.41) is 7.57. The zero-order chi connectivity index (χ0) is 26.8. The van der Waals surface area contributed by atoms with Gasteiger partial charge < -0.3 is 24.8 Å². The maximum Gasteiger partial charge on any atom is 0.277 e. The largest absolute Gasteiger partial charge is 0.497 e. The topological polar surface area (TPSA) is 117 Å². The van der Waals surface area contributed by atoms with Crippen LogP contribution < -0.4 is 15.0 Å². The Labute approximate surface area is 225 Å². The molecule has 1 fully saturated rings. The fourth-order valence-electron chi connectivity index (χ4n) is 4.58. The Kier molecular flexibility index (Phi) is 6.64. The molecule has 3 aromatic heterocycles. The molecule has 0 unspecified atom stereocenters. The summed E-state index contributed by atoms with van der Waals surface area (Å²) < 4.78 is 7.10. The number of carbonyl (C=O) groups is 1. The van der Waals surface area contributed by atoms with Crippen LogP contribution in [0.1, 0.15) is 16.1 Å². The zero-order valence-electron chi connectivity index (χ0n) is 21.8. The van der Waals surface area contributed by atoms with Crippen LogP contribution in [0.5, 0.6) is 5.75 Å². The minimum atomic E-state index is -0.377. The summed E-state index contributed by atoms with van der Waals surface area (Å²) in [4.78, 5) is 34.5. The van der Waals surface area contributed by atoms with Gasteiger partial charge in [0, 0.05) is 32.2 Å². The molecule has 0 saturated carbocycles. The van der Waals surface area contributed by atoms with Crippen LogP contribution in [0.4, 0.5) is 11.6 Å². The highest BCUT2D eigenvalue weighted by Gasteiger charge is 2.19. The molecule has 0 atom stereocenters. The second kappa shape index (κ2) is 10.5. The van der Waals surface area contributed by atoms with Gasteiger partial charge in [-0.15, -0.1) is 0 Å². The van der Waals surface area contributed by atoms with Crippen LogP contribution >= 0.6 is 0 Å². The molecular formula is C28H29N9O2. The molecule has 5 aromatic rings. The Hall–Kier alpha value is -4.77. The summed E-state index contributed by atoms with van der Waals surface area (Å²) in [6.45, 7) is 4.18. The first kappa shape index (κ1) is 24.6. The molecule has 1 aliphatic heterocycles. The standard InChI is InChI=1S/C28H29N9O2/c1-35-11-13-36(14-12-35)26-17-29-23(16-30-26)28(38)33-25-15-24(27-31-21-5-3-4-6-22(21)32-27)37(34-25)18-19-7-9-20(39-2)10-8-19/h3-10,15-17H,11-14,18H2,1-2H3,(H,31,32)(H,33,34,38). The van der Waals surface area contributed by atoms with Gasteiger partial charge in [-0.2, -0.15) is 5.10 Å². The monoisotopic (exact) mass is 523 g/mol. The molecule has 0 aliphatic carbocycles. The summed E-state index contributed by atoms with van der Waals surface area (Å²) in [6, 6.07) is 17.4. The third kappa shape index (κ3) is 5.30. The second-order valence-electron chi connectivity index (χ2n) is 9.53. The van der Waals surface area contributed by atoms with Crippen LogP contribution in [0.2, 0.25) is 0 Å². The van der Waals surface area contributed by atoms with Gasteiger partial charge in [0.2, 0.25) is 0 Å². The van der Waals surface area contributed by atoms with Gasteiger partial charge in [0.05, 0.1) is 37.1 Å². The predicted molar refractivity (Wildman–Crippen MR) is 149 cm³/mol. The molecule has 4 heterocycles. The van der Waals surface area contributed by atoms with Crippen molar-refractivity contribution in [1.29, 1.82) is 0 Å². The minimum Gasteiger partial charge on any atom is -0.497 e. The molecule has 2 aromatic carbocycles. The predicted octanol–water partition coefficient (Wildman–Crippen LogP) is 3.28. The number of ether oxygens (including phenoxy) is 1. The number of likely N-dealkylation sites (N-methyl/N-ethyl adjacent to an activating group) is 1. The van der Waals surface area contributed by atoms with E-state index >= 15 is 0 Å². The number of hydrogen-bond acceptors (Lipinski definition) is 8. The van der Waals surface area contributed by atoms with Crippen molar-refractivity contribution in [2.75, 3.05) is 50.6 Å². The van der Waals surface area contributed by atoms with Crippen LogP contribution in [0.3, 0.4) is 0 Å². The maximum atomic E-state index is 13.1. The Bertz CT molecular complexity index is 1550. The Morgan fingerprint density at radius 3 is 2.54 bits per heavy atom. The number of carbonyl (C=O) groups excluding carboxylic acids is 1. The van der Waals surface area contributed by atoms with Crippen molar-refractivity contribution in [2.45, 2.75) is 6.54 Å². The van der Waals surface area contributed by atoms with E-state index < -0.39 is 0 Å². The number of nitrogens with one attached hydrogen (secondary N) is 2. The number of benzene rings is 2. The van der Waals surface area contributed by atoms with Gasteiger partial charge in [-0.05, 0) is 36.9 Å². The van der Waals surface area contributed by atoms with Crippen molar-refractivity contribution in [2.24, 2.45) is 0 Å². The van der Waals surface area contributed by atoms with E-state index in [9.17, 15) is 4.79 Å². The van der Waals surface area contributed by atoms with Gasteiger partial charge in [-0.3, -0.25) is 9.48 Å². The summed E-state index contributed by atoms with van der Waals surface area (Å²) in [6.07, 6.45) is 3.17. The third-order valence-electron chi connectivity index (χ3n) is 6.84. The normalized spacial score (nSPS) is 14.1. The first-order valence-electron chi connectivity index (χ1n) is 12.8. The smallest absolute Gasteiger partial charge is 0.277 e. The lowest BCUT2D eigenvalue weighted by Crippen LogP contribution is -2.44. The fourth-order valence-corrected chi connectivity index (χ4v) is 4.58. The van der Waals surface area contributed by atoms with Crippen molar-refractivity contribution in [3.63, 3.8) is 0 Å². The second-order valence-corrected chi connectivity index (χ2v) is 9.53. The first-order valence-corrected chi connectivity index (χ1v) is 12.8. The summed E-state index contributed by atoms with van der Waals surface area (Å²) in [5.74, 6) is 2.24. The van der Waals surface area contributed by atoms with E-state index in [2.05, 4.69) is 37.1 Å². The molecular weight excluding hydrogens is 494 g/mol. The molecule has 0 bridgehead atoms. The minimum absolute atomic E-state index is 0.225. The molecule has 198 valence electrons. The van der Waals surface area contributed by atoms with Crippen molar-refractivity contribution in [3.8, 4) is 17.3 Å². The number of H-pyrrole nitrogens is 1. The third-order valence-corrected chi connectivity index (χ3v) is 6.84. The Balaban J connectivity index is 1.25. The van der Waals surface area contributed by atoms with E-state index in [1.54, 1.807) is 13.3 Å². The first-order chi connectivity index (χ1) is 19.1. The lowest BCUT2D eigenvalue weighted by molar-refractivity contribution is 0.102. The molecule has 6 rings (SSSR count). The average molecular weight is 524 g/mol. The average Bonchev–Trinajstić information content (AvgIpc) is 3.57. The molecule has 1 aliphatic rings. The van der Waals surface area contributed by atoms with Crippen LogP contribution in [0, 0.1) is 0 Å². The molecule has 11 nitrogen and oxygen atoms in total. The van der Waals surface area contributed by atoms with E-state index in [4.69, 9.17) is 14.8 Å². The van der Waals surface area contributed by atoms with Crippen LogP contribution in [0.25, 0.3) is 22.6 Å². The van der Waals surface area contributed by atoms with Gasteiger partial charge >= 0.3 is 0 Å². The molecule has 39 heavy (non-hydrogen) atoms. The molecule has 0 radical (unpaired) electrons. The quantitative estimate of drug-likeness (QED) is 0.334. The summed E-state index contributed by atoms with van der Waals surface area (Å²) >= 11 is 0. The highest BCUT2D eigenvalue weighted by Crippen LogP contribution is 2.25. The van der Waals surface area contributed by atoms with Crippen LogP contribution in [0.15, 0.2) is 67.0 Å². The van der Waals surface area contributed by atoms with E-state index in [-0.39, 0.29) is 11.6 Å². The number of nitrogens with zero attached hydrogens (tertiary/aromatic N) is 7. The Morgan fingerprint density at radius 1 is 1.03 bits per heavy atom. The summed E-state index contributed by atoms with van der Waals surface area (Å²) in [7, 11) is 3.75.